The molecule has 0 saturated carbocycles. The number of ether oxygens (including phenoxy) is 1. The quantitative estimate of drug-likeness (QED) is 0.446. The van der Waals surface area contributed by atoms with Gasteiger partial charge in [-0.1, -0.05) is 18.2 Å². The van der Waals surface area contributed by atoms with Crippen molar-refractivity contribution in [2.24, 2.45) is 0 Å². The molecule has 0 aromatic heterocycles. The van der Waals surface area contributed by atoms with Gasteiger partial charge >= 0.3 is 18.1 Å². The Morgan fingerprint density at radius 1 is 1.31 bits per heavy atom. The molecule has 0 amide bonds. The van der Waals surface area contributed by atoms with Crippen LogP contribution in [0.2, 0.25) is 0 Å². The van der Waals surface area contributed by atoms with Gasteiger partial charge in [0.25, 0.3) is 6.17 Å². The Hall–Kier alpha value is -0.920. The van der Waals surface area contributed by atoms with Gasteiger partial charge < -0.3 is 4.74 Å². The third kappa shape index (κ3) is 4.30. The lowest BCUT2D eigenvalue weighted by Crippen LogP contribution is -2.45. The summed E-state index contributed by atoms with van der Waals surface area (Å²) in [5.41, 5.74) is 0. The number of esters is 1. The average molecular weight is 271 g/mol. The predicted molar refractivity (Wildman–Crippen MR) is 41.9 cm³/mol. The van der Waals surface area contributed by atoms with Crippen LogP contribution in [0, 0.1) is 0 Å². The first kappa shape index (κ1) is 15.1. The maximum absolute atomic E-state index is 12.5. The van der Waals surface area contributed by atoms with Gasteiger partial charge in [-0.3, -0.25) is 0 Å². The zero-order chi connectivity index (χ0) is 13.1. The summed E-state index contributed by atoms with van der Waals surface area (Å²) in [6, 6.07) is 0. The van der Waals surface area contributed by atoms with E-state index in [9.17, 15) is 31.1 Å². The van der Waals surface area contributed by atoms with E-state index in [1.165, 1.54) is 0 Å². The summed E-state index contributed by atoms with van der Waals surface area (Å²) in [5.74, 6) is -6.42. The number of carbonyl (C=O) groups is 1. The summed E-state index contributed by atoms with van der Waals surface area (Å²) in [6.07, 6.45) is -10.2. The van der Waals surface area contributed by atoms with Gasteiger partial charge in [0.15, 0.2) is 6.61 Å². The van der Waals surface area contributed by atoms with Gasteiger partial charge in [-0.05, 0) is 0 Å². The second-order valence-electron chi connectivity index (χ2n) is 2.65. The van der Waals surface area contributed by atoms with Gasteiger partial charge in [0.2, 0.25) is 0 Å². The highest BCUT2D eigenvalue weighted by Gasteiger charge is 2.57. The molecule has 1 atom stereocenters. The fourth-order valence-corrected chi connectivity index (χ4v) is 0.607. The van der Waals surface area contributed by atoms with Crippen LogP contribution in [0.25, 0.3) is 0 Å². The highest BCUT2D eigenvalue weighted by Crippen LogP contribution is 2.35. The van der Waals surface area contributed by atoms with E-state index in [4.69, 9.17) is 11.6 Å². The van der Waals surface area contributed by atoms with E-state index in [0.717, 1.165) is 0 Å². The summed E-state index contributed by atoms with van der Waals surface area (Å²) in [7, 11) is 0. The molecule has 2 nitrogen and oxygen atoms in total. The van der Waals surface area contributed by atoms with Crippen molar-refractivity contribution < 1.29 is 35.9 Å². The minimum absolute atomic E-state index is 0.807. The molecule has 9 heteroatoms. The second-order valence-corrected chi connectivity index (χ2v) is 3.10. The fourth-order valence-electron chi connectivity index (χ4n) is 0.553. The smallest absolute Gasteiger partial charge is 0.425 e. The second kappa shape index (κ2) is 4.94. The molecule has 16 heavy (non-hydrogen) atoms. The van der Waals surface area contributed by atoms with E-state index in [2.05, 4.69) is 11.3 Å². The molecule has 0 fully saturated rings. The molecular weight excluding hydrogens is 266 g/mol. The van der Waals surface area contributed by atoms with Crippen molar-refractivity contribution in [1.82, 2.24) is 0 Å². The van der Waals surface area contributed by atoms with Crippen LogP contribution >= 0.6 is 11.6 Å². The van der Waals surface area contributed by atoms with E-state index in [1.54, 1.807) is 0 Å². The first-order valence-electron chi connectivity index (χ1n) is 3.58. The van der Waals surface area contributed by atoms with Crippen LogP contribution in [0.3, 0.4) is 0 Å². The number of halogens is 7. The number of hydrogen-bond donors (Lipinski definition) is 0. The van der Waals surface area contributed by atoms with E-state index < -0.39 is 35.9 Å². The Balaban J connectivity index is 4.47. The van der Waals surface area contributed by atoms with Crippen LogP contribution in [0.5, 0.6) is 0 Å². The zero-order valence-electron chi connectivity index (χ0n) is 7.45. The monoisotopic (exact) mass is 270 g/mol. The molecule has 0 spiro atoms. The molecule has 1 unspecified atom stereocenters. The minimum Gasteiger partial charge on any atom is -0.455 e. The van der Waals surface area contributed by atoms with Crippen molar-refractivity contribution in [2.75, 3.05) is 6.61 Å². The van der Waals surface area contributed by atoms with Crippen LogP contribution in [0.4, 0.5) is 26.3 Å². The van der Waals surface area contributed by atoms with Crippen molar-refractivity contribution >= 4 is 17.6 Å². The van der Waals surface area contributed by atoms with E-state index in [0.29, 0.717) is 0 Å². The molecule has 0 aromatic rings. The third-order valence-corrected chi connectivity index (χ3v) is 1.43. The molecule has 0 bridgehead atoms. The van der Waals surface area contributed by atoms with Crippen LogP contribution in [0.1, 0.15) is 0 Å². The SMILES string of the molecule is C=C(Cl)C(=O)OCC(F)(F)C(F)C(F)(F)F. The predicted octanol–water partition coefficient (Wildman–Crippen LogP) is 2.82. The first-order valence-corrected chi connectivity index (χ1v) is 3.96. The van der Waals surface area contributed by atoms with Crippen LogP contribution in [-0.2, 0) is 9.53 Å². The molecule has 94 valence electrons. The maximum atomic E-state index is 12.5. The van der Waals surface area contributed by atoms with E-state index in [1.807, 2.05) is 0 Å². The van der Waals surface area contributed by atoms with Crippen molar-refractivity contribution in [2.45, 2.75) is 18.3 Å². The number of hydrogen-bond acceptors (Lipinski definition) is 2. The summed E-state index contributed by atoms with van der Waals surface area (Å²) in [4.78, 5) is 10.5. The number of rotatable bonds is 4. The Bertz CT molecular complexity index is 287. The normalized spacial score (nSPS) is 14.4. The van der Waals surface area contributed by atoms with Gasteiger partial charge in [-0.15, -0.1) is 0 Å². The molecule has 0 heterocycles. The van der Waals surface area contributed by atoms with E-state index in [-0.39, 0.29) is 0 Å². The lowest BCUT2D eigenvalue weighted by Gasteiger charge is -2.21. The topological polar surface area (TPSA) is 26.3 Å². The van der Waals surface area contributed by atoms with Gasteiger partial charge in [-0.25, -0.2) is 9.18 Å². The summed E-state index contributed by atoms with van der Waals surface area (Å²) < 4.78 is 75.6. The molecule has 0 aliphatic heterocycles. The molecule has 0 aliphatic carbocycles. The highest BCUT2D eigenvalue weighted by molar-refractivity contribution is 6.40. The molecule has 0 aliphatic rings. The van der Waals surface area contributed by atoms with Crippen LogP contribution in [-0.4, -0.2) is 30.8 Å². The molecule has 0 rings (SSSR count). The molecule has 0 N–H and O–H groups in total. The summed E-state index contributed by atoms with van der Waals surface area (Å²) >= 11 is 4.90. The highest BCUT2D eigenvalue weighted by atomic mass is 35.5. The van der Waals surface area contributed by atoms with E-state index >= 15 is 0 Å². The molecule has 0 radical (unpaired) electrons. The third-order valence-electron chi connectivity index (χ3n) is 1.28. The number of alkyl halides is 6. The standard InChI is InChI=1S/C7H5ClF6O2/c1-3(8)4(15)16-2-6(10,11)5(9)7(12,13)14/h5H,1-2H2. The fraction of sp³-hybridized carbons (Fsp3) is 0.571. The van der Waals surface area contributed by atoms with Gasteiger partial charge in [0, 0.05) is 0 Å². The molecule has 0 aromatic carbocycles. The van der Waals surface area contributed by atoms with Crippen molar-refractivity contribution in [3.05, 3.63) is 11.6 Å². The van der Waals surface area contributed by atoms with Gasteiger partial charge in [0.05, 0.1) is 0 Å². The van der Waals surface area contributed by atoms with Gasteiger partial charge in [-0.2, -0.15) is 22.0 Å². The van der Waals surface area contributed by atoms with Gasteiger partial charge in [0.1, 0.15) is 5.03 Å². The minimum atomic E-state index is -5.74. The van der Waals surface area contributed by atoms with Crippen molar-refractivity contribution in [3.63, 3.8) is 0 Å². The first-order chi connectivity index (χ1) is 6.98. The lowest BCUT2D eigenvalue weighted by molar-refractivity contribution is -0.253. The van der Waals surface area contributed by atoms with Crippen molar-refractivity contribution in [3.8, 4) is 0 Å². The Labute approximate surface area is 90.8 Å². The Kier molecular flexibility index (Phi) is 4.66. The largest absolute Gasteiger partial charge is 0.455 e. The number of carbonyl (C=O) groups excluding carboxylic acids is 1. The lowest BCUT2D eigenvalue weighted by atomic mass is 10.2. The Morgan fingerprint density at radius 2 is 1.75 bits per heavy atom. The summed E-state index contributed by atoms with van der Waals surface area (Å²) in [5, 5.41) is -0.807. The van der Waals surface area contributed by atoms with Crippen LogP contribution in [0.15, 0.2) is 11.6 Å². The summed E-state index contributed by atoms with van der Waals surface area (Å²) in [6.45, 7) is 0.708. The average Bonchev–Trinajstić information content (AvgIpc) is 2.11. The maximum Gasteiger partial charge on any atom is 0.425 e. The molecular formula is C7H5ClF6O2. The van der Waals surface area contributed by atoms with Crippen molar-refractivity contribution in [1.29, 1.82) is 0 Å². The van der Waals surface area contributed by atoms with Crippen LogP contribution < -0.4 is 0 Å². The Morgan fingerprint density at radius 3 is 2.06 bits per heavy atom. The zero-order valence-corrected chi connectivity index (χ0v) is 8.21. The molecule has 0 saturated heterocycles.